The number of aryl methyl sites for hydroxylation is 1. The third kappa shape index (κ3) is 6.65. The molecule has 8 nitrogen and oxygen atoms in total. The summed E-state index contributed by atoms with van der Waals surface area (Å²) >= 11 is 0. The van der Waals surface area contributed by atoms with Crippen LogP contribution in [-0.4, -0.2) is 46.4 Å². The van der Waals surface area contributed by atoms with E-state index in [1.54, 1.807) is 31.2 Å². The second kappa shape index (κ2) is 9.85. The van der Waals surface area contributed by atoms with Crippen LogP contribution in [0.25, 0.3) is 6.08 Å². The Labute approximate surface area is 189 Å². The van der Waals surface area contributed by atoms with Crippen molar-refractivity contribution in [2.24, 2.45) is 5.92 Å². The number of nitrogens with one attached hydrogen (secondary N) is 2. The first kappa shape index (κ1) is 24.0. The van der Waals surface area contributed by atoms with E-state index in [0.717, 1.165) is 17.4 Å². The van der Waals surface area contributed by atoms with E-state index in [1.807, 2.05) is 30.3 Å². The van der Waals surface area contributed by atoms with Gasteiger partial charge in [-0.2, -0.15) is 4.31 Å². The zero-order valence-electron chi connectivity index (χ0n) is 18.0. The summed E-state index contributed by atoms with van der Waals surface area (Å²) in [6, 6.07) is 14.2. The molecule has 0 aromatic heterocycles. The number of benzene rings is 2. The third-order valence-electron chi connectivity index (χ3n) is 5.22. The van der Waals surface area contributed by atoms with Gasteiger partial charge < -0.3 is 5.32 Å². The lowest BCUT2D eigenvalue weighted by atomic mass is 9.97. The Morgan fingerprint density at radius 1 is 1.03 bits per heavy atom. The number of piperidine rings is 1. The number of rotatable bonds is 7. The second-order valence-electron chi connectivity index (χ2n) is 7.82. The molecule has 172 valence electrons. The van der Waals surface area contributed by atoms with Crippen LogP contribution in [0.1, 0.15) is 24.0 Å². The first-order valence-electron chi connectivity index (χ1n) is 10.2. The minimum Gasteiger partial charge on any atom is -0.326 e. The molecule has 1 heterocycles. The van der Waals surface area contributed by atoms with Crippen LogP contribution in [-0.2, 0) is 24.8 Å². The van der Waals surface area contributed by atoms with Gasteiger partial charge in [0.1, 0.15) is 0 Å². The van der Waals surface area contributed by atoms with Crippen molar-refractivity contribution in [1.82, 2.24) is 4.31 Å². The highest BCUT2D eigenvalue weighted by Gasteiger charge is 2.30. The van der Waals surface area contributed by atoms with Gasteiger partial charge in [0.25, 0.3) is 0 Å². The number of sulfonamides is 2. The Balaban J connectivity index is 1.59. The van der Waals surface area contributed by atoms with Crippen molar-refractivity contribution in [3.05, 3.63) is 65.1 Å². The fourth-order valence-electron chi connectivity index (χ4n) is 3.44. The molecule has 0 atom stereocenters. The standard InChI is InChI=1S/C22H27N3O5S2/c1-17-8-9-20(16-21(17)24-31(2,27)28)23-22(26)19-10-13-25(14-11-19)32(29,30)15-12-18-6-4-3-5-7-18/h3-9,12,15-16,19,24H,10-11,13-14H2,1-2H3,(H,23,26)/b15-12+. The summed E-state index contributed by atoms with van der Waals surface area (Å²) < 4.78 is 52.0. The molecule has 10 heteroatoms. The molecule has 0 aliphatic carbocycles. The van der Waals surface area contributed by atoms with Gasteiger partial charge in [0, 0.05) is 30.1 Å². The molecule has 2 aromatic rings. The van der Waals surface area contributed by atoms with Crippen molar-refractivity contribution in [1.29, 1.82) is 0 Å². The molecule has 1 aliphatic heterocycles. The van der Waals surface area contributed by atoms with E-state index >= 15 is 0 Å². The van der Waals surface area contributed by atoms with Gasteiger partial charge in [-0.25, -0.2) is 16.8 Å². The van der Waals surface area contributed by atoms with E-state index in [2.05, 4.69) is 10.0 Å². The number of carbonyl (C=O) groups is 1. The molecule has 1 aliphatic rings. The van der Waals surface area contributed by atoms with Gasteiger partial charge in [0.05, 0.1) is 11.9 Å². The van der Waals surface area contributed by atoms with Crippen molar-refractivity contribution in [2.45, 2.75) is 19.8 Å². The monoisotopic (exact) mass is 477 g/mol. The van der Waals surface area contributed by atoms with Crippen molar-refractivity contribution >= 4 is 43.4 Å². The van der Waals surface area contributed by atoms with E-state index in [9.17, 15) is 21.6 Å². The van der Waals surface area contributed by atoms with Crippen LogP contribution in [0.15, 0.2) is 53.9 Å². The maximum Gasteiger partial charge on any atom is 0.236 e. The van der Waals surface area contributed by atoms with Gasteiger partial charge in [-0.1, -0.05) is 36.4 Å². The van der Waals surface area contributed by atoms with Gasteiger partial charge in [-0.3, -0.25) is 9.52 Å². The van der Waals surface area contributed by atoms with E-state index < -0.39 is 20.0 Å². The highest BCUT2D eigenvalue weighted by molar-refractivity contribution is 7.92. The van der Waals surface area contributed by atoms with Crippen LogP contribution in [0.5, 0.6) is 0 Å². The molecule has 0 spiro atoms. The SMILES string of the molecule is Cc1ccc(NC(=O)C2CCN(S(=O)(=O)/C=C/c3ccccc3)CC2)cc1NS(C)(=O)=O. The lowest BCUT2D eigenvalue weighted by Gasteiger charge is -2.29. The predicted molar refractivity (Wildman–Crippen MR) is 127 cm³/mol. The van der Waals surface area contributed by atoms with Crippen LogP contribution in [0.2, 0.25) is 0 Å². The van der Waals surface area contributed by atoms with Crippen LogP contribution in [0.3, 0.4) is 0 Å². The normalized spacial score (nSPS) is 16.2. The quantitative estimate of drug-likeness (QED) is 0.637. The highest BCUT2D eigenvalue weighted by atomic mass is 32.2. The summed E-state index contributed by atoms with van der Waals surface area (Å²) in [4.78, 5) is 12.7. The van der Waals surface area contributed by atoms with Gasteiger partial charge in [0.15, 0.2) is 0 Å². The predicted octanol–water partition coefficient (Wildman–Crippen LogP) is 3.02. The molecule has 0 unspecified atom stereocenters. The van der Waals surface area contributed by atoms with E-state index in [4.69, 9.17) is 0 Å². The Morgan fingerprint density at radius 3 is 2.31 bits per heavy atom. The zero-order chi connectivity index (χ0) is 23.4. The minimum absolute atomic E-state index is 0.212. The number of carbonyl (C=O) groups excluding carboxylic acids is 1. The third-order valence-corrected chi connectivity index (χ3v) is 7.37. The molecule has 0 saturated carbocycles. The van der Waals surface area contributed by atoms with E-state index in [-0.39, 0.29) is 24.9 Å². The summed E-state index contributed by atoms with van der Waals surface area (Å²) in [5.74, 6) is -0.539. The molecule has 1 fully saturated rings. The molecule has 1 saturated heterocycles. The average molecular weight is 478 g/mol. The minimum atomic E-state index is -3.56. The second-order valence-corrected chi connectivity index (χ2v) is 11.4. The van der Waals surface area contributed by atoms with Crippen LogP contribution in [0, 0.1) is 12.8 Å². The van der Waals surface area contributed by atoms with Crippen molar-refractivity contribution in [3.8, 4) is 0 Å². The average Bonchev–Trinajstić information content (AvgIpc) is 2.74. The van der Waals surface area contributed by atoms with Crippen LogP contribution >= 0.6 is 0 Å². The lowest BCUT2D eigenvalue weighted by Crippen LogP contribution is -2.40. The number of hydrogen-bond acceptors (Lipinski definition) is 5. The van der Waals surface area contributed by atoms with Crippen molar-refractivity contribution < 1.29 is 21.6 Å². The molecule has 3 rings (SSSR count). The molecule has 1 amide bonds. The summed E-state index contributed by atoms with van der Waals surface area (Å²) in [6.07, 6.45) is 3.44. The molecule has 2 N–H and O–H groups in total. The topological polar surface area (TPSA) is 113 Å². The Kier molecular flexibility index (Phi) is 7.37. The van der Waals surface area contributed by atoms with Gasteiger partial charge >= 0.3 is 0 Å². The fourth-order valence-corrected chi connectivity index (χ4v) is 5.28. The summed E-state index contributed by atoms with van der Waals surface area (Å²) in [7, 11) is -7.00. The molecule has 32 heavy (non-hydrogen) atoms. The van der Waals surface area contributed by atoms with Crippen molar-refractivity contribution in [3.63, 3.8) is 0 Å². The van der Waals surface area contributed by atoms with Crippen LogP contribution in [0.4, 0.5) is 11.4 Å². The Hall–Kier alpha value is -2.69. The van der Waals surface area contributed by atoms with Gasteiger partial charge in [0.2, 0.25) is 26.0 Å². The summed E-state index contributed by atoms with van der Waals surface area (Å²) in [5.41, 5.74) is 2.41. The number of anilines is 2. The molecular formula is C22H27N3O5S2. The first-order chi connectivity index (χ1) is 15.0. The molecule has 2 aromatic carbocycles. The number of nitrogens with zero attached hydrogens (tertiary/aromatic N) is 1. The first-order valence-corrected chi connectivity index (χ1v) is 13.6. The molecular weight excluding hydrogens is 450 g/mol. The summed E-state index contributed by atoms with van der Waals surface area (Å²) in [5, 5.41) is 4.01. The number of amides is 1. The maximum absolute atomic E-state index is 12.7. The van der Waals surface area contributed by atoms with Gasteiger partial charge in [-0.05, 0) is 49.1 Å². The lowest BCUT2D eigenvalue weighted by molar-refractivity contribution is -0.120. The number of hydrogen-bond donors (Lipinski definition) is 2. The summed E-state index contributed by atoms with van der Waals surface area (Å²) in [6.45, 7) is 2.28. The zero-order valence-corrected chi connectivity index (χ0v) is 19.6. The maximum atomic E-state index is 12.7. The van der Waals surface area contributed by atoms with Crippen LogP contribution < -0.4 is 10.0 Å². The van der Waals surface area contributed by atoms with E-state index in [0.29, 0.717) is 24.2 Å². The van der Waals surface area contributed by atoms with Crippen molar-refractivity contribution in [2.75, 3.05) is 29.4 Å². The van der Waals surface area contributed by atoms with E-state index in [1.165, 1.54) is 9.71 Å². The van der Waals surface area contributed by atoms with Gasteiger partial charge in [-0.15, -0.1) is 0 Å². The molecule has 0 radical (unpaired) electrons. The smallest absolute Gasteiger partial charge is 0.236 e. The Bertz CT molecular complexity index is 1200. The highest BCUT2D eigenvalue weighted by Crippen LogP contribution is 2.25. The molecule has 0 bridgehead atoms. The fraction of sp³-hybridized carbons (Fsp3) is 0.318. The Morgan fingerprint density at radius 2 is 1.69 bits per heavy atom. The largest absolute Gasteiger partial charge is 0.326 e.